The number of furan rings is 1. The highest BCUT2D eigenvalue weighted by atomic mass is 35.5. The first-order chi connectivity index (χ1) is 12.9. The summed E-state index contributed by atoms with van der Waals surface area (Å²) >= 11 is 7.73. The van der Waals surface area contributed by atoms with Crippen LogP contribution in [0, 0.1) is 13.8 Å². The lowest BCUT2D eigenvalue weighted by Gasteiger charge is -2.17. The van der Waals surface area contributed by atoms with Gasteiger partial charge >= 0.3 is 0 Å². The van der Waals surface area contributed by atoms with Crippen molar-refractivity contribution in [2.24, 2.45) is 7.05 Å². The van der Waals surface area contributed by atoms with Crippen LogP contribution < -0.4 is 4.90 Å². The van der Waals surface area contributed by atoms with Gasteiger partial charge in [0.05, 0.1) is 28.0 Å². The first-order valence-corrected chi connectivity index (χ1v) is 9.54. The number of thiazole rings is 1. The average Bonchev–Trinajstić information content (AvgIpc) is 3.37. The number of hydrogen-bond acceptors (Lipinski definition) is 5. The summed E-state index contributed by atoms with van der Waals surface area (Å²) in [5, 5.41) is 5.51. The maximum Gasteiger partial charge on any atom is 0.280 e. The lowest BCUT2D eigenvalue weighted by Crippen LogP contribution is -2.30. The zero-order chi connectivity index (χ0) is 19.1. The van der Waals surface area contributed by atoms with Gasteiger partial charge in [0.1, 0.15) is 5.76 Å². The van der Waals surface area contributed by atoms with Gasteiger partial charge in [-0.1, -0.05) is 29.0 Å². The summed E-state index contributed by atoms with van der Waals surface area (Å²) in [6.45, 7) is 4.14. The predicted octanol–water partition coefficient (Wildman–Crippen LogP) is 4.74. The topological polar surface area (TPSA) is 64.2 Å². The first-order valence-electron chi connectivity index (χ1n) is 8.34. The fourth-order valence-electron chi connectivity index (χ4n) is 2.79. The lowest BCUT2D eigenvalue weighted by atomic mass is 10.2. The highest BCUT2D eigenvalue weighted by molar-refractivity contribution is 7.23. The van der Waals surface area contributed by atoms with Crippen LogP contribution >= 0.6 is 22.9 Å². The van der Waals surface area contributed by atoms with E-state index in [0.717, 1.165) is 21.5 Å². The number of fused-ring (bicyclic) bond motifs is 1. The molecule has 0 aliphatic rings. The number of nitrogens with zero attached hydrogens (tertiary/aromatic N) is 4. The van der Waals surface area contributed by atoms with Crippen LogP contribution in [0.25, 0.3) is 10.2 Å². The van der Waals surface area contributed by atoms with Gasteiger partial charge in [0.15, 0.2) is 10.8 Å². The van der Waals surface area contributed by atoms with E-state index in [0.29, 0.717) is 21.6 Å². The molecule has 4 rings (SSSR count). The Labute approximate surface area is 165 Å². The van der Waals surface area contributed by atoms with Crippen molar-refractivity contribution < 1.29 is 9.21 Å². The number of benzene rings is 1. The minimum Gasteiger partial charge on any atom is -0.467 e. The lowest BCUT2D eigenvalue weighted by molar-refractivity contribution is 0.0977. The second-order valence-corrected chi connectivity index (χ2v) is 7.69. The highest BCUT2D eigenvalue weighted by Gasteiger charge is 2.25. The Bertz CT molecular complexity index is 1070. The van der Waals surface area contributed by atoms with Gasteiger partial charge in [0.2, 0.25) is 0 Å². The van der Waals surface area contributed by atoms with Crippen LogP contribution in [0.15, 0.2) is 41.0 Å². The van der Waals surface area contributed by atoms with E-state index in [1.54, 1.807) is 28.0 Å². The average molecular weight is 401 g/mol. The van der Waals surface area contributed by atoms with E-state index in [4.69, 9.17) is 21.0 Å². The van der Waals surface area contributed by atoms with Gasteiger partial charge < -0.3 is 4.42 Å². The molecule has 27 heavy (non-hydrogen) atoms. The van der Waals surface area contributed by atoms with E-state index in [2.05, 4.69) is 5.10 Å². The molecule has 0 N–H and O–H groups in total. The van der Waals surface area contributed by atoms with Crippen molar-refractivity contribution in [3.63, 3.8) is 0 Å². The van der Waals surface area contributed by atoms with Crippen molar-refractivity contribution in [3.05, 3.63) is 64.3 Å². The molecule has 4 aromatic rings. The highest BCUT2D eigenvalue weighted by Crippen LogP contribution is 2.36. The number of carbonyl (C=O) groups is 1. The number of amides is 1. The summed E-state index contributed by atoms with van der Waals surface area (Å²) in [6.07, 6.45) is 1.59. The summed E-state index contributed by atoms with van der Waals surface area (Å²) in [5.74, 6) is 0.431. The molecule has 8 heteroatoms. The van der Waals surface area contributed by atoms with Crippen molar-refractivity contribution in [3.8, 4) is 0 Å². The Kier molecular flexibility index (Phi) is 4.49. The fourth-order valence-corrected chi connectivity index (χ4v) is 4.11. The van der Waals surface area contributed by atoms with Crippen LogP contribution in [-0.4, -0.2) is 20.7 Å². The Balaban J connectivity index is 1.81. The Morgan fingerprint density at radius 3 is 2.78 bits per heavy atom. The minimum absolute atomic E-state index is 0.233. The number of anilines is 1. The van der Waals surface area contributed by atoms with Gasteiger partial charge in [-0.2, -0.15) is 5.10 Å². The summed E-state index contributed by atoms with van der Waals surface area (Å²) in [5.41, 5.74) is 3.08. The molecule has 0 atom stereocenters. The number of rotatable bonds is 4. The van der Waals surface area contributed by atoms with Crippen LogP contribution in [0.5, 0.6) is 0 Å². The molecule has 0 aliphatic carbocycles. The summed E-state index contributed by atoms with van der Waals surface area (Å²) in [4.78, 5) is 19.5. The van der Waals surface area contributed by atoms with Crippen molar-refractivity contribution in [2.45, 2.75) is 20.4 Å². The van der Waals surface area contributed by atoms with Gasteiger partial charge in [-0.25, -0.2) is 4.98 Å². The normalized spacial score (nSPS) is 11.3. The largest absolute Gasteiger partial charge is 0.467 e. The Morgan fingerprint density at radius 2 is 2.15 bits per heavy atom. The number of carbonyl (C=O) groups excluding carboxylic acids is 1. The molecule has 138 valence electrons. The van der Waals surface area contributed by atoms with Gasteiger partial charge in [-0.05, 0) is 43.7 Å². The first kappa shape index (κ1) is 17.8. The molecule has 0 radical (unpaired) electrons. The molecule has 0 aliphatic heterocycles. The number of hydrogen-bond donors (Lipinski definition) is 0. The van der Waals surface area contributed by atoms with Crippen molar-refractivity contribution in [1.29, 1.82) is 0 Å². The predicted molar refractivity (Wildman–Crippen MR) is 107 cm³/mol. The zero-order valence-corrected chi connectivity index (χ0v) is 16.6. The molecule has 1 aromatic carbocycles. The Morgan fingerprint density at radius 1 is 1.33 bits per heavy atom. The maximum atomic E-state index is 13.2. The van der Waals surface area contributed by atoms with E-state index in [1.807, 2.05) is 39.1 Å². The molecular weight excluding hydrogens is 384 g/mol. The maximum absolute atomic E-state index is 13.2. The van der Waals surface area contributed by atoms with Gasteiger partial charge in [-0.3, -0.25) is 14.4 Å². The molecule has 0 fully saturated rings. The second-order valence-electron chi connectivity index (χ2n) is 6.30. The number of aromatic nitrogens is 3. The van der Waals surface area contributed by atoms with Gasteiger partial charge in [0.25, 0.3) is 5.91 Å². The third-order valence-electron chi connectivity index (χ3n) is 4.39. The van der Waals surface area contributed by atoms with Crippen molar-refractivity contribution in [2.75, 3.05) is 4.90 Å². The van der Waals surface area contributed by atoms with E-state index in [-0.39, 0.29) is 12.5 Å². The van der Waals surface area contributed by atoms with E-state index in [9.17, 15) is 4.79 Å². The number of halogens is 1. The van der Waals surface area contributed by atoms with Crippen LogP contribution in [-0.2, 0) is 13.6 Å². The smallest absolute Gasteiger partial charge is 0.280 e. The molecule has 0 spiro atoms. The third kappa shape index (κ3) is 3.24. The van der Waals surface area contributed by atoms with E-state index >= 15 is 0 Å². The van der Waals surface area contributed by atoms with E-state index < -0.39 is 0 Å². The third-order valence-corrected chi connectivity index (χ3v) is 5.93. The molecule has 3 heterocycles. The van der Waals surface area contributed by atoms with Crippen LogP contribution in [0.4, 0.5) is 5.13 Å². The van der Waals surface area contributed by atoms with Crippen LogP contribution in [0.1, 0.15) is 27.5 Å². The van der Waals surface area contributed by atoms with Gasteiger partial charge in [-0.15, -0.1) is 0 Å². The molecule has 0 bridgehead atoms. The summed E-state index contributed by atoms with van der Waals surface area (Å²) in [7, 11) is 1.81. The molecule has 1 amide bonds. The molecule has 0 saturated carbocycles. The van der Waals surface area contributed by atoms with Crippen LogP contribution in [0.2, 0.25) is 5.02 Å². The summed E-state index contributed by atoms with van der Waals surface area (Å²) < 4.78 is 7.99. The molecule has 3 aromatic heterocycles. The molecule has 0 unspecified atom stereocenters. The standard InChI is InChI=1S/C19H17ClN4O2S/c1-11-6-7-14(20)17-16(11)21-19(27-17)24(10-13-5-4-8-26-13)18(25)15-9-12(2)23(3)22-15/h4-9H,10H2,1-3H3. The van der Waals surface area contributed by atoms with Gasteiger partial charge in [0, 0.05) is 12.7 Å². The Hall–Kier alpha value is -2.64. The molecule has 0 saturated heterocycles. The SMILES string of the molecule is Cc1ccc(Cl)c2sc(N(Cc3ccco3)C(=O)c3cc(C)n(C)n3)nc12. The zero-order valence-electron chi connectivity index (χ0n) is 15.1. The fraction of sp³-hybridized carbons (Fsp3) is 0.211. The molecular formula is C19H17ClN4O2S. The van der Waals surface area contributed by atoms with E-state index in [1.165, 1.54) is 11.3 Å². The summed E-state index contributed by atoms with van der Waals surface area (Å²) in [6, 6.07) is 9.16. The van der Waals surface area contributed by atoms with Crippen molar-refractivity contribution in [1.82, 2.24) is 14.8 Å². The van der Waals surface area contributed by atoms with Crippen LogP contribution in [0.3, 0.4) is 0 Å². The molecule has 6 nitrogen and oxygen atoms in total. The monoisotopic (exact) mass is 400 g/mol. The quantitative estimate of drug-likeness (QED) is 0.496. The minimum atomic E-state index is -0.233. The van der Waals surface area contributed by atoms with Crippen molar-refractivity contribution >= 4 is 44.2 Å². The second kappa shape index (κ2) is 6.83. The number of aryl methyl sites for hydroxylation is 3.